The van der Waals surface area contributed by atoms with Crippen LogP contribution in [0.15, 0.2) is 22.7 Å². The largest absolute Gasteiger partial charge is 0.484 e. The van der Waals surface area contributed by atoms with E-state index in [0.717, 1.165) is 0 Å². The molecular weight excluding hydrogens is 305 g/mol. The highest BCUT2D eigenvalue weighted by Gasteiger charge is 2.28. The lowest BCUT2D eigenvalue weighted by Crippen LogP contribution is -2.20. The SMILES string of the molecule is O=C(O)Cc1cc(Br)ccc1OCC(F)(F)F. The number of carboxylic acid groups (broad SMARTS) is 1. The third-order valence-corrected chi connectivity index (χ3v) is 2.25. The molecule has 0 fully saturated rings. The molecule has 0 aliphatic carbocycles. The molecule has 0 spiro atoms. The molecule has 0 radical (unpaired) electrons. The summed E-state index contributed by atoms with van der Waals surface area (Å²) in [6.07, 6.45) is -4.85. The van der Waals surface area contributed by atoms with E-state index in [0.29, 0.717) is 4.47 Å². The third kappa shape index (κ3) is 5.08. The van der Waals surface area contributed by atoms with Gasteiger partial charge in [0.25, 0.3) is 0 Å². The smallest absolute Gasteiger partial charge is 0.422 e. The molecule has 1 aromatic rings. The van der Waals surface area contributed by atoms with Gasteiger partial charge in [-0.25, -0.2) is 0 Å². The summed E-state index contributed by atoms with van der Waals surface area (Å²) in [4.78, 5) is 10.5. The number of hydrogen-bond donors (Lipinski definition) is 1. The van der Waals surface area contributed by atoms with Gasteiger partial charge in [-0.15, -0.1) is 0 Å². The number of alkyl halides is 3. The fourth-order valence-corrected chi connectivity index (χ4v) is 1.56. The Kier molecular flexibility index (Phi) is 4.39. The molecular formula is C10H8BrF3O3. The Morgan fingerprint density at radius 1 is 1.41 bits per heavy atom. The maximum Gasteiger partial charge on any atom is 0.422 e. The van der Waals surface area contributed by atoms with E-state index in [1.165, 1.54) is 18.2 Å². The van der Waals surface area contributed by atoms with E-state index >= 15 is 0 Å². The lowest BCUT2D eigenvalue weighted by atomic mass is 10.1. The minimum atomic E-state index is -4.45. The molecule has 0 unspecified atom stereocenters. The number of rotatable bonds is 4. The summed E-state index contributed by atoms with van der Waals surface area (Å²) in [5.41, 5.74) is 0.191. The first-order valence-corrected chi connectivity index (χ1v) is 5.27. The molecule has 0 bridgehead atoms. The Labute approximate surface area is 103 Å². The molecule has 0 saturated heterocycles. The minimum absolute atomic E-state index is 0.0760. The van der Waals surface area contributed by atoms with E-state index in [1.807, 2.05) is 0 Å². The zero-order valence-electron chi connectivity index (χ0n) is 8.42. The first-order valence-electron chi connectivity index (χ1n) is 4.48. The highest BCUT2D eigenvalue weighted by molar-refractivity contribution is 9.10. The van der Waals surface area contributed by atoms with Gasteiger partial charge < -0.3 is 9.84 Å². The van der Waals surface area contributed by atoms with Crippen molar-refractivity contribution in [1.82, 2.24) is 0 Å². The van der Waals surface area contributed by atoms with E-state index in [-0.39, 0.29) is 11.3 Å². The van der Waals surface area contributed by atoms with Crippen molar-refractivity contribution < 1.29 is 27.8 Å². The summed E-state index contributed by atoms with van der Waals surface area (Å²) in [5.74, 6) is -1.21. The van der Waals surface area contributed by atoms with Gasteiger partial charge in [-0.2, -0.15) is 13.2 Å². The molecule has 1 aromatic carbocycles. The van der Waals surface area contributed by atoms with Crippen LogP contribution in [-0.2, 0) is 11.2 Å². The normalized spacial score (nSPS) is 11.3. The number of carbonyl (C=O) groups is 1. The molecule has 1 rings (SSSR count). The molecule has 0 saturated carbocycles. The third-order valence-electron chi connectivity index (χ3n) is 1.76. The zero-order valence-corrected chi connectivity index (χ0v) is 10.0. The van der Waals surface area contributed by atoms with Crippen LogP contribution in [0.1, 0.15) is 5.56 Å². The van der Waals surface area contributed by atoms with Gasteiger partial charge in [0.1, 0.15) is 5.75 Å². The monoisotopic (exact) mass is 312 g/mol. The van der Waals surface area contributed by atoms with Crippen LogP contribution in [0.4, 0.5) is 13.2 Å². The predicted octanol–water partition coefficient (Wildman–Crippen LogP) is 3.02. The van der Waals surface area contributed by atoms with Crippen LogP contribution < -0.4 is 4.74 Å². The first-order chi connectivity index (χ1) is 7.78. The second kappa shape index (κ2) is 5.39. The summed E-state index contributed by atoms with van der Waals surface area (Å²) >= 11 is 3.11. The summed E-state index contributed by atoms with van der Waals surface area (Å²) in [6.45, 7) is -1.44. The average molecular weight is 313 g/mol. The Balaban J connectivity index is 2.86. The van der Waals surface area contributed by atoms with Gasteiger partial charge in [-0.05, 0) is 18.2 Å². The predicted molar refractivity (Wildman–Crippen MR) is 57.0 cm³/mol. The van der Waals surface area contributed by atoms with Crippen molar-refractivity contribution in [3.63, 3.8) is 0 Å². The maximum atomic E-state index is 12.0. The summed E-state index contributed by atoms with van der Waals surface area (Å²) in [7, 11) is 0. The van der Waals surface area contributed by atoms with Crippen LogP contribution >= 0.6 is 15.9 Å². The molecule has 1 N–H and O–H groups in total. The Morgan fingerprint density at radius 2 is 2.06 bits per heavy atom. The fourth-order valence-electron chi connectivity index (χ4n) is 1.15. The van der Waals surface area contributed by atoms with Crippen LogP contribution in [0, 0.1) is 0 Å². The quantitative estimate of drug-likeness (QED) is 0.929. The van der Waals surface area contributed by atoms with Gasteiger partial charge in [-0.3, -0.25) is 4.79 Å². The summed E-state index contributed by atoms with van der Waals surface area (Å²) in [5, 5.41) is 8.62. The Morgan fingerprint density at radius 3 is 2.59 bits per heavy atom. The highest BCUT2D eigenvalue weighted by atomic mass is 79.9. The fraction of sp³-hybridized carbons (Fsp3) is 0.300. The van der Waals surface area contributed by atoms with Gasteiger partial charge in [0.15, 0.2) is 6.61 Å². The van der Waals surface area contributed by atoms with Gasteiger partial charge in [-0.1, -0.05) is 15.9 Å². The van der Waals surface area contributed by atoms with Crippen LogP contribution in [0.5, 0.6) is 5.75 Å². The van der Waals surface area contributed by atoms with Crippen molar-refractivity contribution in [2.75, 3.05) is 6.61 Å². The van der Waals surface area contributed by atoms with Crippen molar-refractivity contribution in [2.24, 2.45) is 0 Å². The lowest BCUT2D eigenvalue weighted by Gasteiger charge is -2.12. The maximum absolute atomic E-state index is 12.0. The van der Waals surface area contributed by atoms with E-state index in [4.69, 9.17) is 5.11 Å². The second-order valence-electron chi connectivity index (χ2n) is 3.23. The standard InChI is InChI=1S/C10H8BrF3O3/c11-7-1-2-8(17-5-10(12,13)14)6(3-7)4-9(15)16/h1-3H,4-5H2,(H,15,16). The average Bonchev–Trinajstić information content (AvgIpc) is 2.14. The summed E-state index contributed by atoms with van der Waals surface area (Å²) < 4.78 is 41.0. The van der Waals surface area contributed by atoms with Crippen molar-refractivity contribution in [3.05, 3.63) is 28.2 Å². The lowest BCUT2D eigenvalue weighted by molar-refractivity contribution is -0.153. The van der Waals surface area contributed by atoms with E-state index < -0.39 is 25.2 Å². The van der Waals surface area contributed by atoms with E-state index in [2.05, 4.69) is 20.7 Å². The van der Waals surface area contributed by atoms with Crippen molar-refractivity contribution in [2.45, 2.75) is 12.6 Å². The molecule has 94 valence electrons. The number of ether oxygens (including phenoxy) is 1. The van der Waals surface area contributed by atoms with Crippen LogP contribution in [0.2, 0.25) is 0 Å². The molecule has 0 heterocycles. The second-order valence-corrected chi connectivity index (χ2v) is 4.14. The number of aliphatic carboxylic acids is 1. The van der Waals surface area contributed by atoms with E-state index in [9.17, 15) is 18.0 Å². The molecule has 0 amide bonds. The molecule has 0 aliphatic rings. The van der Waals surface area contributed by atoms with Crippen molar-refractivity contribution in [3.8, 4) is 5.75 Å². The van der Waals surface area contributed by atoms with Gasteiger partial charge in [0.05, 0.1) is 6.42 Å². The molecule has 0 aliphatic heterocycles. The highest BCUT2D eigenvalue weighted by Crippen LogP contribution is 2.26. The zero-order chi connectivity index (χ0) is 13.1. The number of benzene rings is 1. The Hall–Kier alpha value is -1.24. The van der Waals surface area contributed by atoms with Crippen LogP contribution in [-0.4, -0.2) is 23.9 Å². The number of carboxylic acids is 1. The van der Waals surface area contributed by atoms with Gasteiger partial charge >= 0.3 is 12.1 Å². The molecule has 0 atom stereocenters. The number of halogens is 4. The molecule has 3 nitrogen and oxygen atoms in total. The topological polar surface area (TPSA) is 46.5 Å². The Bertz CT molecular complexity index is 418. The van der Waals surface area contributed by atoms with Gasteiger partial charge in [0, 0.05) is 10.0 Å². The summed E-state index contributed by atoms with van der Waals surface area (Å²) in [6, 6.07) is 4.20. The van der Waals surface area contributed by atoms with Crippen molar-refractivity contribution >= 4 is 21.9 Å². The minimum Gasteiger partial charge on any atom is -0.484 e. The van der Waals surface area contributed by atoms with Crippen LogP contribution in [0.3, 0.4) is 0 Å². The first kappa shape index (κ1) is 13.8. The van der Waals surface area contributed by atoms with E-state index in [1.54, 1.807) is 0 Å². The van der Waals surface area contributed by atoms with Crippen molar-refractivity contribution in [1.29, 1.82) is 0 Å². The molecule has 17 heavy (non-hydrogen) atoms. The van der Waals surface area contributed by atoms with Gasteiger partial charge in [0.2, 0.25) is 0 Å². The number of hydrogen-bond acceptors (Lipinski definition) is 2. The van der Waals surface area contributed by atoms with Crippen LogP contribution in [0.25, 0.3) is 0 Å². The molecule has 7 heteroatoms. The molecule has 0 aromatic heterocycles.